The van der Waals surface area contributed by atoms with Gasteiger partial charge < -0.3 is 0 Å². The number of rotatable bonds is 1. The van der Waals surface area contributed by atoms with E-state index in [9.17, 15) is 12.8 Å². The second-order valence-electron chi connectivity index (χ2n) is 6.80. The van der Waals surface area contributed by atoms with Crippen LogP contribution in [0.3, 0.4) is 0 Å². The zero-order valence-electron chi connectivity index (χ0n) is 13.1. The molecule has 23 heavy (non-hydrogen) atoms. The summed E-state index contributed by atoms with van der Waals surface area (Å²) in [5.74, 6) is -0.280. The normalized spacial score (nSPS) is 22.5. The molecule has 1 atom stereocenters. The molecule has 1 aliphatic heterocycles. The molecule has 1 aliphatic carbocycles. The topological polar surface area (TPSA) is 37.4 Å². The number of hydrogen-bond donors (Lipinski definition) is 0. The van der Waals surface area contributed by atoms with Gasteiger partial charge in [0.15, 0.2) is 0 Å². The third kappa shape index (κ3) is 2.02. The van der Waals surface area contributed by atoms with E-state index in [1.807, 2.05) is 24.3 Å². The summed E-state index contributed by atoms with van der Waals surface area (Å²) in [6.45, 7) is 2.56. The summed E-state index contributed by atoms with van der Waals surface area (Å²) in [5, 5.41) is 0. The van der Waals surface area contributed by atoms with Gasteiger partial charge in [-0.15, -0.1) is 0 Å². The van der Waals surface area contributed by atoms with E-state index in [0.717, 1.165) is 23.1 Å². The van der Waals surface area contributed by atoms with Gasteiger partial charge in [0.2, 0.25) is 10.0 Å². The van der Waals surface area contributed by atoms with Gasteiger partial charge in [0.05, 0.1) is 11.9 Å². The fraction of sp³-hybridized carbons (Fsp3) is 0.333. The van der Waals surface area contributed by atoms with E-state index in [0.29, 0.717) is 24.2 Å². The molecule has 0 radical (unpaired) electrons. The van der Waals surface area contributed by atoms with Crippen molar-refractivity contribution < 1.29 is 12.8 Å². The van der Waals surface area contributed by atoms with Crippen molar-refractivity contribution in [1.29, 1.82) is 0 Å². The molecule has 3 nitrogen and oxygen atoms in total. The number of sulfonamides is 1. The van der Waals surface area contributed by atoms with Crippen LogP contribution in [-0.4, -0.2) is 21.2 Å². The third-order valence-corrected chi connectivity index (χ3v) is 6.32. The molecule has 0 saturated heterocycles. The number of anilines is 1. The van der Waals surface area contributed by atoms with Crippen molar-refractivity contribution in [2.24, 2.45) is 0 Å². The Morgan fingerprint density at radius 3 is 2.65 bits per heavy atom. The minimum atomic E-state index is -3.37. The minimum absolute atomic E-state index is 0.234. The first-order valence-electron chi connectivity index (χ1n) is 7.70. The Morgan fingerprint density at radius 1 is 1.17 bits per heavy atom. The number of hydrogen-bond acceptors (Lipinski definition) is 2. The molecule has 0 aromatic heterocycles. The Labute approximate surface area is 135 Å². The van der Waals surface area contributed by atoms with Crippen LogP contribution in [0, 0.1) is 5.82 Å². The fourth-order valence-electron chi connectivity index (χ4n) is 4.10. The zero-order chi connectivity index (χ0) is 16.4. The molecule has 2 aromatic carbocycles. The Balaban J connectivity index is 2.10. The second-order valence-corrected chi connectivity index (χ2v) is 8.70. The van der Waals surface area contributed by atoms with Gasteiger partial charge in [0.25, 0.3) is 0 Å². The molecule has 0 N–H and O–H groups in total. The van der Waals surface area contributed by atoms with Crippen molar-refractivity contribution in [1.82, 2.24) is 0 Å². The van der Waals surface area contributed by atoms with Crippen LogP contribution in [0.5, 0.6) is 0 Å². The fourth-order valence-corrected chi connectivity index (χ4v) is 5.03. The summed E-state index contributed by atoms with van der Waals surface area (Å²) in [6.07, 6.45) is 2.71. The molecule has 2 aliphatic rings. The van der Waals surface area contributed by atoms with Crippen molar-refractivity contribution >= 4 is 15.7 Å². The molecule has 4 rings (SSSR count). The molecule has 0 amide bonds. The molecule has 1 heterocycles. The van der Waals surface area contributed by atoms with Gasteiger partial charge in [-0.05, 0) is 41.7 Å². The van der Waals surface area contributed by atoms with E-state index < -0.39 is 10.0 Å². The van der Waals surface area contributed by atoms with E-state index in [-0.39, 0.29) is 11.2 Å². The quantitative estimate of drug-likeness (QED) is 0.802. The van der Waals surface area contributed by atoms with E-state index in [4.69, 9.17) is 0 Å². The molecule has 2 aromatic rings. The van der Waals surface area contributed by atoms with Gasteiger partial charge in [-0.2, -0.15) is 0 Å². The first kappa shape index (κ1) is 14.7. The highest BCUT2D eigenvalue weighted by molar-refractivity contribution is 7.92. The van der Waals surface area contributed by atoms with Gasteiger partial charge in [-0.3, -0.25) is 4.31 Å². The average Bonchev–Trinajstić information content (AvgIpc) is 2.48. The van der Waals surface area contributed by atoms with Gasteiger partial charge in [-0.1, -0.05) is 31.2 Å². The van der Waals surface area contributed by atoms with Crippen molar-refractivity contribution in [2.45, 2.75) is 25.2 Å². The zero-order valence-corrected chi connectivity index (χ0v) is 14.0. The number of halogens is 1. The number of fused-ring (bicyclic) bond motifs is 2. The first-order valence-corrected chi connectivity index (χ1v) is 9.55. The Hall–Kier alpha value is -1.88. The SMILES string of the molecule is C[C@@]12CCN(S(C)(=O)=O)c3ccc(F)c(c31)-c1ccccc1C2. The largest absolute Gasteiger partial charge is 0.270 e. The Morgan fingerprint density at radius 2 is 1.91 bits per heavy atom. The standard InChI is InChI=1S/C18H18FNO2S/c1-18-9-10-20(23(2,21)22)15-8-7-14(19)16(17(15)18)13-6-4-3-5-12(13)11-18/h3-8H,9-11H2,1-2H3/t18-/m0/s1. The van der Waals surface area contributed by atoms with Crippen LogP contribution in [0.4, 0.5) is 10.1 Å². The Kier molecular flexibility index (Phi) is 2.92. The maximum absolute atomic E-state index is 14.7. The van der Waals surface area contributed by atoms with Crippen LogP contribution in [0.2, 0.25) is 0 Å². The highest BCUT2D eigenvalue weighted by Crippen LogP contribution is 2.52. The molecule has 0 spiro atoms. The van der Waals surface area contributed by atoms with Crippen molar-refractivity contribution in [3.8, 4) is 11.1 Å². The lowest BCUT2D eigenvalue weighted by Gasteiger charge is -2.45. The molecule has 5 heteroatoms. The van der Waals surface area contributed by atoms with Crippen LogP contribution in [0.1, 0.15) is 24.5 Å². The lowest BCUT2D eigenvalue weighted by Crippen LogP contribution is -2.44. The number of nitrogens with zero attached hydrogens (tertiary/aromatic N) is 1. The van der Waals surface area contributed by atoms with Crippen LogP contribution in [-0.2, 0) is 21.9 Å². The summed E-state index contributed by atoms with van der Waals surface area (Å²) in [4.78, 5) is 0. The highest BCUT2D eigenvalue weighted by Gasteiger charge is 2.43. The summed E-state index contributed by atoms with van der Waals surface area (Å²) in [6, 6.07) is 10.8. The van der Waals surface area contributed by atoms with Gasteiger partial charge in [0.1, 0.15) is 5.82 Å². The van der Waals surface area contributed by atoms with Gasteiger partial charge in [-0.25, -0.2) is 12.8 Å². The lowest BCUT2D eigenvalue weighted by atomic mass is 9.65. The van der Waals surface area contributed by atoms with Crippen LogP contribution in [0.15, 0.2) is 36.4 Å². The van der Waals surface area contributed by atoms with Crippen LogP contribution >= 0.6 is 0 Å². The molecule has 0 bridgehead atoms. The van der Waals surface area contributed by atoms with E-state index in [1.54, 1.807) is 6.07 Å². The lowest BCUT2D eigenvalue weighted by molar-refractivity contribution is 0.415. The Bertz CT molecular complexity index is 923. The average molecular weight is 331 g/mol. The van der Waals surface area contributed by atoms with Crippen molar-refractivity contribution in [3.63, 3.8) is 0 Å². The van der Waals surface area contributed by atoms with Crippen LogP contribution < -0.4 is 4.31 Å². The highest BCUT2D eigenvalue weighted by atomic mass is 32.2. The summed E-state index contributed by atoms with van der Waals surface area (Å²) in [7, 11) is -3.37. The van der Waals surface area contributed by atoms with Gasteiger partial charge in [0, 0.05) is 17.5 Å². The first-order chi connectivity index (χ1) is 10.8. The minimum Gasteiger partial charge on any atom is -0.270 e. The molecular formula is C18H18FNO2S. The van der Waals surface area contributed by atoms with E-state index >= 15 is 0 Å². The second kappa shape index (κ2) is 4.57. The summed E-state index contributed by atoms with van der Waals surface area (Å²) < 4.78 is 40.4. The molecular weight excluding hydrogens is 313 g/mol. The molecule has 0 fully saturated rings. The van der Waals surface area contributed by atoms with E-state index in [2.05, 4.69) is 6.92 Å². The molecule has 0 unspecified atom stereocenters. The van der Waals surface area contributed by atoms with Crippen molar-refractivity contribution in [2.75, 3.05) is 17.1 Å². The summed E-state index contributed by atoms with van der Waals surface area (Å²) in [5.41, 5.74) is 3.82. The van der Waals surface area contributed by atoms with Crippen molar-refractivity contribution in [3.05, 3.63) is 53.3 Å². The monoisotopic (exact) mass is 331 g/mol. The smallest absolute Gasteiger partial charge is 0.232 e. The summed E-state index contributed by atoms with van der Waals surface area (Å²) >= 11 is 0. The molecule has 120 valence electrons. The third-order valence-electron chi connectivity index (χ3n) is 5.14. The predicted octanol–water partition coefficient (Wildman–Crippen LogP) is 3.48. The predicted molar refractivity (Wildman–Crippen MR) is 89.7 cm³/mol. The molecule has 0 saturated carbocycles. The van der Waals surface area contributed by atoms with Crippen LogP contribution in [0.25, 0.3) is 11.1 Å². The maximum Gasteiger partial charge on any atom is 0.232 e. The number of benzene rings is 2. The van der Waals surface area contributed by atoms with E-state index in [1.165, 1.54) is 16.6 Å². The maximum atomic E-state index is 14.7. The van der Waals surface area contributed by atoms with Gasteiger partial charge >= 0.3 is 0 Å².